The van der Waals surface area contributed by atoms with Crippen LogP contribution >= 0.6 is 11.6 Å². The predicted octanol–water partition coefficient (Wildman–Crippen LogP) is 2.60. The lowest BCUT2D eigenvalue weighted by molar-refractivity contribution is 1.16. The molecule has 0 saturated carbocycles. The van der Waals surface area contributed by atoms with Crippen molar-refractivity contribution in [3.8, 4) is 11.1 Å². The van der Waals surface area contributed by atoms with Gasteiger partial charge in [0.15, 0.2) is 0 Å². The molecule has 0 spiro atoms. The minimum Gasteiger partial charge on any atom is -0.244 e. The highest BCUT2D eigenvalue weighted by Gasteiger charge is 1.96. The van der Waals surface area contributed by atoms with Gasteiger partial charge in [0.1, 0.15) is 12.5 Å². The van der Waals surface area contributed by atoms with Crippen LogP contribution < -0.4 is 0 Å². The first kappa shape index (κ1) is 8.20. The van der Waals surface area contributed by atoms with E-state index in [0.717, 1.165) is 16.1 Å². The maximum absolute atomic E-state index is 5.76. The summed E-state index contributed by atoms with van der Waals surface area (Å²) in [7, 11) is 0. The van der Waals surface area contributed by atoms with Crippen LogP contribution in [-0.4, -0.2) is 9.97 Å². The van der Waals surface area contributed by atoms with E-state index in [1.165, 1.54) is 6.33 Å². The molecule has 0 saturated heterocycles. The Morgan fingerprint density at radius 2 is 1.92 bits per heavy atom. The lowest BCUT2D eigenvalue weighted by atomic mass is 10.1. The smallest absolute Gasteiger partial charge is 0.116 e. The summed E-state index contributed by atoms with van der Waals surface area (Å²) in [5.74, 6) is 0. The summed E-state index contributed by atoms with van der Waals surface area (Å²) in [4.78, 5) is 7.72. The maximum Gasteiger partial charge on any atom is 0.116 e. The van der Waals surface area contributed by atoms with Crippen LogP contribution in [0.2, 0.25) is 5.02 Å². The molecule has 2 aromatic rings. The fourth-order valence-corrected chi connectivity index (χ4v) is 1.16. The Kier molecular flexibility index (Phi) is 2.23. The molecule has 0 N–H and O–H groups in total. The van der Waals surface area contributed by atoms with E-state index in [-0.39, 0.29) is 0 Å². The summed E-state index contributed by atoms with van der Waals surface area (Å²) in [6.07, 6.45) is 6.02. The van der Waals surface area contributed by atoms with Gasteiger partial charge in [-0.05, 0) is 17.7 Å². The Hall–Kier alpha value is -1.41. The Labute approximate surface area is 81.2 Å². The topological polar surface area (TPSA) is 25.8 Å². The molecule has 0 amide bonds. The largest absolute Gasteiger partial charge is 0.244 e. The molecule has 2 rings (SSSR count). The van der Waals surface area contributed by atoms with Gasteiger partial charge in [-0.15, -0.1) is 0 Å². The molecule has 13 heavy (non-hydrogen) atoms. The first-order chi connectivity index (χ1) is 6.36. The lowest BCUT2D eigenvalue weighted by Gasteiger charge is -1.98. The van der Waals surface area contributed by atoms with Crippen LogP contribution in [0.3, 0.4) is 0 Å². The van der Waals surface area contributed by atoms with E-state index in [0.29, 0.717) is 0 Å². The molecule has 1 aromatic heterocycles. The van der Waals surface area contributed by atoms with Gasteiger partial charge in [-0.25, -0.2) is 9.97 Å². The number of halogens is 1. The van der Waals surface area contributed by atoms with Crippen molar-refractivity contribution in [2.24, 2.45) is 0 Å². The molecule has 0 aliphatic rings. The second-order valence-corrected chi connectivity index (χ2v) is 2.99. The van der Waals surface area contributed by atoms with Gasteiger partial charge in [-0.1, -0.05) is 23.7 Å². The summed E-state index contributed by atoms with van der Waals surface area (Å²) in [5.41, 5.74) is 1.89. The molecule has 0 atom stereocenters. The van der Waals surface area contributed by atoms with Crippen LogP contribution in [-0.2, 0) is 0 Å². The second kappa shape index (κ2) is 3.54. The van der Waals surface area contributed by atoms with E-state index in [1.807, 2.05) is 24.3 Å². The number of nitrogens with zero attached hydrogens (tertiary/aromatic N) is 2. The number of benzene rings is 1. The van der Waals surface area contributed by atoms with Crippen molar-refractivity contribution in [1.29, 1.82) is 0 Å². The number of aromatic nitrogens is 2. The van der Waals surface area contributed by atoms with Crippen molar-refractivity contribution >= 4 is 11.6 Å². The van der Waals surface area contributed by atoms with Gasteiger partial charge in [0, 0.05) is 16.8 Å². The van der Waals surface area contributed by atoms with Gasteiger partial charge in [0.2, 0.25) is 0 Å². The molecule has 1 radical (unpaired) electrons. The summed E-state index contributed by atoms with van der Waals surface area (Å²) in [5, 5.41) is 0.723. The molecule has 2 nitrogen and oxygen atoms in total. The van der Waals surface area contributed by atoms with Crippen LogP contribution in [0.25, 0.3) is 11.1 Å². The van der Waals surface area contributed by atoms with Crippen LogP contribution in [0.5, 0.6) is 0 Å². The van der Waals surface area contributed by atoms with E-state index in [2.05, 4.69) is 16.2 Å². The minimum atomic E-state index is 0.723. The number of hydrogen-bond acceptors (Lipinski definition) is 2. The zero-order chi connectivity index (χ0) is 9.10. The average Bonchev–Trinajstić information content (AvgIpc) is 2.20. The highest BCUT2D eigenvalue weighted by atomic mass is 35.5. The Morgan fingerprint density at radius 3 is 2.54 bits per heavy atom. The third-order valence-electron chi connectivity index (χ3n) is 1.67. The highest BCUT2D eigenvalue weighted by molar-refractivity contribution is 6.30. The quantitative estimate of drug-likeness (QED) is 0.689. The molecular weight excluding hydrogens is 184 g/mol. The van der Waals surface area contributed by atoms with Gasteiger partial charge in [0.05, 0.1) is 0 Å². The SMILES string of the molecule is Clc1ccc(-c2[c]ncnc2)cc1. The number of rotatable bonds is 1. The molecule has 1 heterocycles. The molecule has 0 aliphatic heterocycles. The van der Waals surface area contributed by atoms with Gasteiger partial charge in [0.25, 0.3) is 0 Å². The maximum atomic E-state index is 5.76. The van der Waals surface area contributed by atoms with E-state index < -0.39 is 0 Å². The monoisotopic (exact) mass is 189 g/mol. The molecule has 0 bridgehead atoms. The summed E-state index contributed by atoms with van der Waals surface area (Å²) in [6.45, 7) is 0. The van der Waals surface area contributed by atoms with Gasteiger partial charge in [-0.3, -0.25) is 0 Å². The molecular formula is C10H6ClN2. The van der Waals surface area contributed by atoms with Crippen LogP contribution in [0.1, 0.15) is 0 Å². The fourth-order valence-electron chi connectivity index (χ4n) is 1.04. The molecule has 0 aliphatic carbocycles. The Bertz CT molecular complexity index is 383. The average molecular weight is 190 g/mol. The Morgan fingerprint density at radius 1 is 1.15 bits per heavy atom. The van der Waals surface area contributed by atoms with Crippen molar-refractivity contribution in [3.05, 3.63) is 48.0 Å². The first-order valence-electron chi connectivity index (χ1n) is 3.80. The molecule has 0 unspecified atom stereocenters. The van der Waals surface area contributed by atoms with Crippen molar-refractivity contribution in [1.82, 2.24) is 9.97 Å². The van der Waals surface area contributed by atoms with Crippen molar-refractivity contribution < 1.29 is 0 Å². The van der Waals surface area contributed by atoms with E-state index in [1.54, 1.807) is 6.20 Å². The third-order valence-corrected chi connectivity index (χ3v) is 1.92. The van der Waals surface area contributed by atoms with Crippen molar-refractivity contribution in [3.63, 3.8) is 0 Å². The summed E-state index contributed by atoms with van der Waals surface area (Å²) < 4.78 is 0. The molecule has 63 valence electrons. The second-order valence-electron chi connectivity index (χ2n) is 2.56. The minimum absolute atomic E-state index is 0.723. The summed E-state index contributed by atoms with van der Waals surface area (Å²) in [6, 6.07) is 7.49. The standard InChI is InChI=1S/C10H6ClN2/c11-10-3-1-8(2-4-10)9-5-12-7-13-6-9/h1-5,7H. The zero-order valence-corrected chi connectivity index (χ0v) is 7.49. The highest BCUT2D eigenvalue weighted by Crippen LogP contribution is 2.18. The zero-order valence-electron chi connectivity index (χ0n) is 6.74. The van der Waals surface area contributed by atoms with Gasteiger partial charge >= 0.3 is 0 Å². The predicted molar refractivity (Wildman–Crippen MR) is 51.3 cm³/mol. The normalized spacial score (nSPS) is 9.92. The van der Waals surface area contributed by atoms with E-state index >= 15 is 0 Å². The third kappa shape index (κ3) is 1.84. The molecule has 0 fully saturated rings. The van der Waals surface area contributed by atoms with E-state index in [4.69, 9.17) is 11.6 Å². The first-order valence-corrected chi connectivity index (χ1v) is 4.18. The van der Waals surface area contributed by atoms with Gasteiger partial charge in [-0.2, -0.15) is 0 Å². The van der Waals surface area contributed by atoms with Crippen LogP contribution in [0, 0.1) is 6.20 Å². The van der Waals surface area contributed by atoms with Gasteiger partial charge < -0.3 is 0 Å². The van der Waals surface area contributed by atoms with Crippen LogP contribution in [0.4, 0.5) is 0 Å². The molecule has 3 heteroatoms. The molecule has 1 aromatic carbocycles. The van der Waals surface area contributed by atoms with E-state index in [9.17, 15) is 0 Å². The number of hydrogen-bond donors (Lipinski definition) is 0. The Balaban J connectivity index is 2.42. The lowest BCUT2D eigenvalue weighted by Crippen LogP contribution is -1.81. The van der Waals surface area contributed by atoms with Crippen molar-refractivity contribution in [2.75, 3.05) is 0 Å². The summed E-state index contributed by atoms with van der Waals surface area (Å²) >= 11 is 5.76. The fraction of sp³-hybridized carbons (Fsp3) is 0. The van der Waals surface area contributed by atoms with Crippen molar-refractivity contribution in [2.45, 2.75) is 0 Å². The van der Waals surface area contributed by atoms with Crippen LogP contribution in [0.15, 0.2) is 36.8 Å².